The summed E-state index contributed by atoms with van der Waals surface area (Å²) >= 11 is 1.81. The predicted molar refractivity (Wildman–Crippen MR) is 142 cm³/mol. The molecule has 1 N–H and O–H groups in total. The van der Waals surface area contributed by atoms with E-state index in [1.165, 1.54) is 21.1 Å². The molecule has 0 radical (unpaired) electrons. The number of hydrogen-bond donors (Lipinski definition) is 1. The molecule has 33 heavy (non-hydrogen) atoms. The fraction of sp³-hybridized carbons (Fsp3) is 0.320. The maximum atomic E-state index is 6.00. The number of nitrogens with one attached hydrogen (secondary N) is 1. The molecule has 0 saturated carbocycles. The van der Waals surface area contributed by atoms with Crippen molar-refractivity contribution in [3.63, 3.8) is 0 Å². The van der Waals surface area contributed by atoms with Crippen molar-refractivity contribution in [2.75, 3.05) is 38.6 Å². The number of para-hydroxylation sites is 1. The Bertz CT molecular complexity index is 1180. The summed E-state index contributed by atoms with van der Waals surface area (Å²) in [4.78, 5) is 11.1. The van der Waals surface area contributed by atoms with E-state index in [-0.39, 0.29) is 24.8 Å². The molecule has 1 saturated heterocycles. The first-order valence-electron chi connectivity index (χ1n) is 10.8. The van der Waals surface area contributed by atoms with E-state index >= 15 is 0 Å². The summed E-state index contributed by atoms with van der Waals surface area (Å²) in [6, 6.07) is 17.0. The molecule has 2 aromatic heterocycles. The van der Waals surface area contributed by atoms with E-state index in [4.69, 9.17) is 9.72 Å². The van der Waals surface area contributed by atoms with Crippen LogP contribution >= 0.6 is 36.2 Å². The van der Waals surface area contributed by atoms with Gasteiger partial charge in [-0.1, -0.05) is 18.2 Å². The number of ether oxygens (including phenoxy) is 1. The van der Waals surface area contributed by atoms with Crippen molar-refractivity contribution in [1.82, 2.24) is 14.8 Å². The molecule has 1 aromatic carbocycles. The molecule has 176 valence electrons. The van der Waals surface area contributed by atoms with Gasteiger partial charge in [0.1, 0.15) is 10.8 Å². The number of nitrogens with zero attached hydrogens (tertiary/aromatic N) is 3. The van der Waals surface area contributed by atoms with Crippen LogP contribution in [0.5, 0.6) is 5.75 Å². The number of fused-ring (bicyclic) bond motifs is 2. The Kier molecular flexibility index (Phi) is 8.65. The Labute approximate surface area is 211 Å². The van der Waals surface area contributed by atoms with E-state index in [9.17, 15) is 0 Å². The molecular formula is C25H30Cl2N4OS. The first kappa shape index (κ1) is 25.4. The topological polar surface area (TPSA) is 40.6 Å². The van der Waals surface area contributed by atoms with Gasteiger partial charge in [-0.3, -0.25) is 9.88 Å². The van der Waals surface area contributed by atoms with Crippen molar-refractivity contribution in [3.8, 4) is 5.75 Å². The zero-order valence-electron chi connectivity index (χ0n) is 18.9. The zero-order valence-corrected chi connectivity index (χ0v) is 21.3. The van der Waals surface area contributed by atoms with E-state index in [1.807, 2.05) is 42.6 Å². The number of thiophene rings is 1. The van der Waals surface area contributed by atoms with Crippen LogP contribution in [0.25, 0.3) is 11.9 Å². The average Bonchev–Trinajstić information content (AvgIpc) is 3.08. The molecule has 5 rings (SSSR count). The van der Waals surface area contributed by atoms with Gasteiger partial charge in [-0.2, -0.15) is 0 Å². The SMILES string of the molecule is Cc1cc2c(s1)NC=c1cccnc1=C2N1CCN(C)C(CCOc2ccccc2)C1.Cl.Cl. The number of pyridine rings is 1. The molecule has 2 aliphatic rings. The molecule has 0 spiro atoms. The van der Waals surface area contributed by atoms with Crippen LogP contribution in [0.3, 0.4) is 0 Å². The zero-order chi connectivity index (χ0) is 21.2. The number of piperazine rings is 1. The number of aryl methyl sites for hydroxylation is 1. The lowest BCUT2D eigenvalue weighted by atomic mass is 10.1. The van der Waals surface area contributed by atoms with E-state index in [1.54, 1.807) is 11.3 Å². The first-order chi connectivity index (χ1) is 15.2. The Morgan fingerprint density at radius 2 is 1.94 bits per heavy atom. The highest BCUT2D eigenvalue weighted by atomic mass is 35.5. The number of halogens is 2. The summed E-state index contributed by atoms with van der Waals surface area (Å²) < 4.78 is 6.00. The summed E-state index contributed by atoms with van der Waals surface area (Å²) in [5.74, 6) is 0.939. The summed E-state index contributed by atoms with van der Waals surface area (Å²) in [6.45, 7) is 5.87. The van der Waals surface area contributed by atoms with Gasteiger partial charge >= 0.3 is 0 Å². The van der Waals surface area contributed by atoms with Gasteiger partial charge in [0.15, 0.2) is 0 Å². The highest BCUT2D eigenvalue weighted by molar-refractivity contribution is 7.16. The summed E-state index contributed by atoms with van der Waals surface area (Å²) in [6.07, 6.45) is 4.98. The first-order valence-corrected chi connectivity index (χ1v) is 11.7. The lowest BCUT2D eigenvalue weighted by molar-refractivity contribution is 0.113. The van der Waals surface area contributed by atoms with Gasteiger partial charge in [-0.15, -0.1) is 36.2 Å². The molecule has 3 aromatic rings. The van der Waals surface area contributed by atoms with E-state index in [0.717, 1.165) is 49.0 Å². The highest BCUT2D eigenvalue weighted by Crippen LogP contribution is 2.34. The molecule has 5 nitrogen and oxygen atoms in total. The van der Waals surface area contributed by atoms with Crippen LogP contribution in [-0.2, 0) is 0 Å². The normalized spacial score (nSPS) is 17.3. The molecular weight excluding hydrogens is 475 g/mol. The third-order valence-corrected chi connectivity index (χ3v) is 7.07. The fourth-order valence-corrected chi connectivity index (χ4v) is 5.29. The van der Waals surface area contributed by atoms with E-state index in [2.05, 4.69) is 47.4 Å². The van der Waals surface area contributed by atoms with Gasteiger partial charge in [0.2, 0.25) is 0 Å². The Balaban J connectivity index is 0.00000153. The molecule has 1 atom stereocenters. The van der Waals surface area contributed by atoms with Crippen LogP contribution in [0.4, 0.5) is 5.00 Å². The molecule has 4 heterocycles. The van der Waals surface area contributed by atoms with Gasteiger partial charge in [0, 0.05) is 53.7 Å². The van der Waals surface area contributed by atoms with Gasteiger partial charge in [-0.25, -0.2) is 0 Å². The maximum Gasteiger partial charge on any atom is 0.119 e. The van der Waals surface area contributed by atoms with E-state index < -0.39 is 0 Å². The smallest absolute Gasteiger partial charge is 0.119 e. The van der Waals surface area contributed by atoms with Gasteiger partial charge in [0.05, 0.1) is 17.7 Å². The second-order valence-electron chi connectivity index (χ2n) is 8.21. The highest BCUT2D eigenvalue weighted by Gasteiger charge is 2.29. The van der Waals surface area contributed by atoms with Gasteiger partial charge in [-0.05, 0) is 50.7 Å². The number of anilines is 1. The number of aromatic nitrogens is 1. The second kappa shape index (κ2) is 11.3. The summed E-state index contributed by atoms with van der Waals surface area (Å²) in [5, 5.41) is 6.93. The number of likely N-dealkylation sites (N-methyl/N-ethyl adjacent to an activating group) is 1. The molecule has 0 aliphatic carbocycles. The monoisotopic (exact) mass is 504 g/mol. The minimum Gasteiger partial charge on any atom is -0.494 e. The summed E-state index contributed by atoms with van der Waals surface area (Å²) in [7, 11) is 2.23. The number of rotatable bonds is 5. The standard InChI is InChI=1S/C25H28N4OS.2ClH/c1-18-15-22-24(23-19(7-6-11-26-23)16-27-25(22)31-18)29-13-12-28(2)20(17-29)10-14-30-21-8-4-3-5-9-21;;/h3-9,11,15-16,20,27H,10,12-14,17H2,1-2H3;2*1H. The van der Waals surface area contributed by atoms with Crippen LogP contribution in [0.2, 0.25) is 0 Å². The average molecular weight is 506 g/mol. The van der Waals surface area contributed by atoms with Crippen LogP contribution in [0, 0.1) is 6.92 Å². The molecule has 1 unspecified atom stereocenters. The van der Waals surface area contributed by atoms with Crippen LogP contribution in [-0.4, -0.2) is 54.1 Å². The van der Waals surface area contributed by atoms with Crippen LogP contribution < -0.4 is 20.6 Å². The van der Waals surface area contributed by atoms with E-state index in [0.29, 0.717) is 6.04 Å². The van der Waals surface area contributed by atoms with Crippen molar-refractivity contribution in [2.24, 2.45) is 0 Å². The van der Waals surface area contributed by atoms with Gasteiger partial charge < -0.3 is 15.0 Å². The third-order valence-electron chi connectivity index (χ3n) is 6.09. The largest absolute Gasteiger partial charge is 0.494 e. The minimum absolute atomic E-state index is 0. The summed E-state index contributed by atoms with van der Waals surface area (Å²) in [5.41, 5.74) is 2.51. The molecule has 1 fully saturated rings. The molecule has 0 amide bonds. The lowest BCUT2D eigenvalue weighted by Gasteiger charge is -2.41. The molecule has 2 aliphatic heterocycles. The predicted octanol–water partition coefficient (Wildman–Crippen LogP) is 3.70. The van der Waals surface area contributed by atoms with Crippen molar-refractivity contribution in [3.05, 3.63) is 75.7 Å². The quantitative estimate of drug-likeness (QED) is 0.573. The Morgan fingerprint density at radius 1 is 1.12 bits per heavy atom. The Morgan fingerprint density at radius 3 is 2.76 bits per heavy atom. The van der Waals surface area contributed by atoms with Crippen molar-refractivity contribution < 1.29 is 4.74 Å². The van der Waals surface area contributed by atoms with Crippen LogP contribution in [0.15, 0.2) is 54.7 Å². The maximum absolute atomic E-state index is 6.00. The minimum atomic E-state index is 0. The molecule has 8 heteroatoms. The van der Waals surface area contributed by atoms with Crippen molar-refractivity contribution in [2.45, 2.75) is 19.4 Å². The fourth-order valence-electron chi connectivity index (χ4n) is 4.41. The van der Waals surface area contributed by atoms with Crippen LogP contribution in [0.1, 0.15) is 16.9 Å². The van der Waals surface area contributed by atoms with Crippen molar-refractivity contribution in [1.29, 1.82) is 0 Å². The third kappa shape index (κ3) is 5.46. The number of hydrogen-bond acceptors (Lipinski definition) is 6. The van der Waals surface area contributed by atoms with Crippen molar-refractivity contribution >= 4 is 53.0 Å². The Hall–Kier alpha value is -2.25. The molecule has 0 bridgehead atoms. The lowest BCUT2D eigenvalue weighted by Crippen LogP contribution is -2.52. The number of benzene rings is 1. The second-order valence-corrected chi connectivity index (χ2v) is 9.47. The van der Waals surface area contributed by atoms with Gasteiger partial charge in [0.25, 0.3) is 0 Å².